The van der Waals surface area contributed by atoms with Gasteiger partial charge in [-0.15, -0.1) is 0 Å². The van der Waals surface area contributed by atoms with E-state index in [0.29, 0.717) is 11.9 Å². The molecule has 0 atom stereocenters. The number of hydrogen-bond donors (Lipinski definition) is 1. The summed E-state index contributed by atoms with van der Waals surface area (Å²) in [5.41, 5.74) is 1.84. The van der Waals surface area contributed by atoms with Crippen LogP contribution in [-0.4, -0.2) is 29.8 Å². The minimum Gasteiger partial charge on any atom is -0.378 e. The Hall–Kier alpha value is -3.15. The van der Waals surface area contributed by atoms with Gasteiger partial charge in [-0.05, 0) is 23.8 Å². The average Bonchev–Trinajstić information content (AvgIpc) is 2.63. The predicted octanol–water partition coefficient (Wildman–Crippen LogP) is 1.78. The standard InChI is InChI=1S/C19H20N4O2/c1-22(2)16-9-7-14(8-10-16)11-20-18(24)13-23-19(25)17-6-4-3-5-15(17)12-21-23/h3-10,12H,11,13H2,1-2H3,(H,20,24). The molecule has 0 aliphatic heterocycles. The van der Waals surface area contributed by atoms with Crippen LogP contribution >= 0.6 is 0 Å². The highest BCUT2D eigenvalue weighted by atomic mass is 16.2. The second-order valence-electron chi connectivity index (χ2n) is 6.03. The van der Waals surface area contributed by atoms with Crippen LogP contribution in [0.2, 0.25) is 0 Å². The van der Waals surface area contributed by atoms with Crippen molar-refractivity contribution >= 4 is 22.4 Å². The number of hydrogen-bond acceptors (Lipinski definition) is 4. The summed E-state index contributed by atoms with van der Waals surface area (Å²) in [7, 11) is 3.95. The van der Waals surface area contributed by atoms with E-state index in [9.17, 15) is 9.59 Å². The van der Waals surface area contributed by atoms with Crippen molar-refractivity contribution in [3.8, 4) is 0 Å². The summed E-state index contributed by atoms with van der Waals surface area (Å²) in [5, 5.41) is 8.22. The molecule has 1 aromatic heterocycles. The molecule has 6 nitrogen and oxygen atoms in total. The van der Waals surface area contributed by atoms with Gasteiger partial charge < -0.3 is 10.2 Å². The molecular weight excluding hydrogens is 316 g/mol. The molecule has 0 fully saturated rings. The summed E-state index contributed by atoms with van der Waals surface area (Å²) in [5.74, 6) is -0.249. The first kappa shape index (κ1) is 16.7. The van der Waals surface area contributed by atoms with Gasteiger partial charge in [0.1, 0.15) is 6.54 Å². The number of carbonyl (C=O) groups is 1. The number of nitrogens with zero attached hydrogens (tertiary/aromatic N) is 3. The van der Waals surface area contributed by atoms with Crippen molar-refractivity contribution in [2.24, 2.45) is 0 Å². The SMILES string of the molecule is CN(C)c1ccc(CNC(=O)Cn2ncc3ccccc3c2=O)cc1. The van der Waals surface area contributed by atoms with Crippen LogP contribution in [0.15, 0.2) is 59.5 Å². The molecule has 3 aromatic rings. The molecule has 6 heteroatoms. The molecule has 128 valence electrons. The molecule has 0 spiro atoms. The number of anilines is 1. The number of amides is 1. The fourth-order valence-corrected chi connectivity index (χ4v) is 2.54. The first-order valence-corrected chi connectivity index (χ1v) is 8.02. The average molecular weight is 336 g/mol. The van der Waals surface area contributed by atoms with E-state index in [-0.39, 0.29) is 18.0 Å². The highest BCUT2D eigenvalue weighted by Gasteiger charge is 2.08. The van der Waals surface area contributed by atoms with Gasteiger partial charge in [0.05, 0.1) is 11.6 Å². The number of rotatable bonds is 5. The Kier molecular flexibility index (Phi) is 4.79. The van der Waals surface area contributed by atoms with Gasteiger partial charge in [-0.2, -0.15) is 5.10 Å². The van der Waals surface area contributed by atoms with Gasteiger partial charge in [-0.25, -0.2) is 4.68 Å². The Balaban J connectivity index is 1.65. The molecular formula is C19H20N4O2. The maximum Gasteiger partial charge on any atom is 0.275 e. The van der Waals surface area contributed by atoms with Gasteiger partial charge in [0.15, 0.2) is 0 Å². The third-order valence-corrected chi connectivity index (χ3v) is 4.00. The van der Waals surface area contributed by atoms with Crippen LogP contribution in [0.4, 0.5) is 5.69 Å². The van der Waals surface area contributed by atoms with Crippen LogP contribution in [0.25, 0.3) is 10.8 Å². The van der Waals surface area contributed by atoms with Crippen LogP contribution < -0.4 is 15.8 Å². The first-order chi connectivity index (χ1) is 12.0. The monoisotopic (exact) mass is 336 g/mol. The normalized spacial score (nSPS) is 10.6. The topological polar surface area (TPSA) is 67.2 Å². The van der Waals surface area contributed by atoms with Gasteiger partial charge in [0.2, 0.25) is 5.91 Å². The van der Waals surface area contributed by atoms with Crippen molar-refractivity contribution in [1.29, 1.82) is 0 Å². The zero-order valence-corrected chi connectivity index (χ0v) is 14.3. The quantitative estimate of drug-likeness (QED) is 0.771. The number of nitrogens with one attached hydrogen (secondary N) is 1. The Morgan fingerprint density at radius 2 is 1.84 bits per heavy atom. The van der Waals surface area contributed by atoms with Crippen LogP contribution in [0.3, 0.4) is 0 Å². The van der Waals surface area contributed by atoms with Gasteiger partial charge >= 0.3 is 0 Å². The molecule has 1 heterocycles. The van der Waals surface area contributed by atoms with E-state index in [1.165, 1.54) is 4.68 Å². The van der Waals surface area contributed by atoms with Crippen LogP contribution in [0.5, 0.6) is 0 Å². The molecule has 3 rings (SSSR count). The Morgan fingerprint density at radius 1 is 1.12 bits per heavy atom. The van der Waals surface area contributed by atoms with Crippen molar-refractivity contribution in [2.45, 2.75) is 13.1 Å². The fraction of sp³-hybridized carbons (Fsp3) is 0.211. The molecule has 0 saturated carbocycles. The van der Waals surface area contributed by atoms with E-state index in [2.05, 4.69) is 10.4 Å². The summed E-state index contributed by atoms with van der Waals surface area (Å²) in [6.07, 6.45) is 1.60. The van der Waals surface area contributed by atoms with Crippen molar-refractivity contribution in [1.82, 2.24) is 15.1 Å². The molecule has 1 N–H and O–H groups in total. The summed E-state index contributed by atoms with van der Waals surface area (Å²) >= 11 is 0. The van der Waals surface area contributed by atoms with Crippen molar-refractivity contribution < 1.29 is 4.79 Å². The Bertz CT molecular complexity index is 946. The third-order valence-electron chi connectivity index (χ3n) is 4.00. The van der Waals surface area contributed by atoms with E-state index in [1.807, 2.05) is 55.4 Å². The predicted molar refractivity (Wildman–Crippen MR) is 98.6 cm³/mol. The van der Waals surface area contributed by atoms with Crippen LogP contribution in [0.1, 0.15) is 5.56 Å². The zero-order valence-electron chi connectivity index (χ0n) is 14.3. The molecule has 0 saturated heterocycles. The summed E-state index contributed by atoms with van der Waals surface area (Å²) in [6.45, 7) is 0.314. The molecule has 0 aliphatic carbocycles. The summed E-state index contributed by atoms with van der Waals surface area (Å²) < 4.78 is 1.19. The van der Waals surface area contributed by atoms with E-state index < -0.39 is 0 Å². The minimum atomic E-state index is -0.261. The van der Waals surface area contributed by atoms with Crippen molar-refractivity contribution in [2.75, 3.05) is 19.0 Å². The number of carbonyl (C=O) groups excluding carboxylic acids is 1. The number of fused-ring (bicyclic) bond motifs is 1. The van der Waals surface area contributed by atoms with E-state index >= 15 is 0 Å². The molecule has 0 bridgehead atoms. The smallest absolute Gasteiger partial charge is 0.275 e. The highest BCUT2D eigenvalue weighted by molar-refractivity contribution is 5.81. The summed E-state index contributed by atoms with van der Waals surface area (Å²) in [6, 6.07) is 15.1. The van der Waals surface area contributed by atoms with Gasteiger partial charge in [0.25, 0.3) is 5.56 Å². The second kappa shape index (κ2) is 7.17. The van der Waals surface area contributed by atoms with E-state index in [0.717, 1.165) is 16.6 Å². The first-order valence-electron chi connectivity index (χ1n) is 8.02. The van der Waals surface area contributed by atoms with Gasteiger partial charge in [-0.1, -0.05) is 30.3 Å². The lowest BCUT2D eigenvalue weighted by molar-refractivity contribution is -0.122. The molecule has 0 aliphatic rings. The lowest BCUT2D eigenvalue weighted by Gasteiger charge is -2.13. The number of benzene rings is 2. The molecule has 0 unspecified atom stereocenters. The van der Waals surface area contributed by atoms with E-state index in [1.54, 1.807) is 18.3 Å². The van der Waals surface area contributed by atoms with Crippen molar-refractivity contribution in [3.05, 3.63) is 70.6 Å². The molecule has 1 amide bonds. The lowest BCUT2D eigenvalue weighted by Crippen LogP contribution is -2.33. The van der Waals surface area contributed by atoms with Crippen LogP contribution in [0, 0.1) is 0 Å². The Labute approximate surface area is 145 Å². The third kappa shape index (κ3) is 3.85. The largest absolute Gasteiger partial charge is 0.378 e. The maximum atomic E-state index is 12.4. The molecule has 2 aromatic carbocycles. The lowest BCUT2D eigenvalue weighted by atomic mass is 10.2. The van der Waals surface area contributed by atoms with Gasteiger partial charge in [0, 0.05) is 31.7 Å². The molecule has 0 radical (unpaired) electrons. The highest BCUT2D eigenvalue weighted by Crippen LogP contribution is 2.12. The van der Waals surface area contributed by atoms with Crippen molar-refractivity contribution in [3.63, 3.8) is 0 Å². The van der Waals surface area contributed by atoms with Gasteiger partial charge in [-0.3, -0.25) is 9.59 Å². The second-order valence-corrected chi connectivity index (χ2v) is 6.03. The maximum absolute atomic E-state index is 12.4. The minimum absolute atomic E-state index is 0.0978. The molecule has 25 heavy (non-hydrogen) atoms. The van der Waals surface area contributed by atoms with E-state index in [4.69, 9.17) is 0 Å². The fourth-order valence-electron chi connectivity index (χ4n) is 2.54. The Morgan fingerprint density at radius 3 is 2.56 bits per heavy atom. The zero-order chi connectivity index (χ0) is 17.8. The van der Waals surface area contributed by atoms with Crippen LogP contribution in [-0.2, 0) is 17.9 Å². The number of aromatic nitrogens is 2. The summed E-state index contributed by atoms with van der Waals surface area (Å²) in [4.78, 5) is 26.5.